The van der Waals surface area contributed by atoms with Crippen LogP contribution in [0.5, 0.6) is 0 Å². The Balaban J connectivity index is 1.23. The molecule has 0 radical (unpaired) electrons. The van der Waals surface area contributed by atoms with E-state index in [0.29, 0.717) is 26.2 Å². The molecule has 3 fully saturated rings. The minimum atomic E-state index is -4.08. The molecule has 10 heteroatoms. The van der Waals surface area contributed by atoms with Gasteiger partial charge in [-0.3, -0.25) is 4.18 Å². The van der Waals surface area contributed by atoms with E-state index >= 15 is 0 Å². The molecule has 0 aliphatic carbocycles. The van der Waals surface area contributed by atoms with Crippen molar-refractivity contribution in [1.82, 2.24) is 0 Å². The van der Waals surface area contributed by atoms with Gasteiger partial charge in [0, 0.05) is 18.3 Å². The highest BCUT2D eigenvalue weighted by atomic mass is 32.2. The van der Waals surface area contributed by atoms with Crippen LogP contribution in [-0.2, 0) is 51.2 Å². The van der Waals surface area contributed by atoms with Crippen LogP contribution < -0.4 is 0 Å². The molecule has 1 spiro atoms. The van der Waals surface area contributed by atoms with E-state index < -0.39 is 52.3 Å². The molecule has 3 aliphatic heterocycles. The molecule has 0 amide bonds. The van der Waals surface area contributed by atoms with Crippen molar-refractivity contribution in [3.05, 3.63) is 102 Å². The molecule has 3 saturated heterocycles. The number of benzene rings is 3. The second-order valence-electron chi connectivity index (χ2n) is 13.3. The first-order chi connectivity index (χ1) is 22.6. The number of aliphatic hydroxyl groups is 1. The van der Waals surface area contributed by atoms with E-state index in [0.717, 1.165) is 16.7 Å². The summed E-state index contributed by atoms with van der Waals surface area (Å²) in [5.41, 5.74) is 3.01. The third-order valence-corrected chi connectivity index (χ3v) is 11.4. The number of fused-ring (bicyclic) bond motifs is 1. The van der Waals surface area contributed by atoms with Crippen LogP contribution in [0.4, 0.5) is 0 Å². The van der Waals surface area contributed by atoms with E-state index in [1.54, 1.807) is 12.1 Å². The highest BCUT2D eigenvalue weighted by Gasteiger charge is 2.60. The summed E-state index contributed by atoms with van der Waals surface area (Å²) in [5.74, 6) is -1.63. The Hall–Kier alpha value is -2.67. The summed E-state index contributed by atoms with van der Waals surface area (Å²) in [6.45, 7) is 8.76. The standard InChI is InChI=1S/C37H46O9S/c1-24-15-17-31(18-16-24)47(39,40)44-23-32-33(38)26(3)34(42-21-29-13-9-6-10-14-29)36-35(45-32)25(2)27(4)37(46-36)19-30(22-43-37)41-20-28-11-7-5-8-12-28/h5-18,25-27,30,32-36,38H,19-23H2,1-4H3/t25-,26+,27-,30-,32-,33+,34-,35+,36-,37+/m0/s1. The molecule has 0 aromatic heterocycles. The van der Waals surface area contributed by atoms with Crippen molar-refractivity contribution in [1.29, 1.82) is 0 Å². The molecule has 3 heterocycles. The van der Waals surface area contributed by atoms with Gasteiger partial charge in [0.15, 0.2) is 5.79 Å². The highest BCUT2D eigenvalue weighted by molar-refractivity contribution is 7.86. The number of aryl methyl sites for hydroxylation is 1. The molecule has 9 nitrogen and oxygen atoms in total. The van der Waals surface area contributed by atoms with Gasteiger partial charge in [-0.25, -0.2) is 0 Å². The van der Waals surface area contributed by atoms with Gasteiger partial charge in [0.2, 0.25) is 0 Å². The zero-order valence-corrected chi connectivity index (χ0v) is 28.3. The number of aliphatic hydroxyl groups excluding tert-OH is 1. The van der Waals surface area contributed by atoms with Crippen molar-refractivity contribution in [3.8, 4) is 0 Å². The van der Waals surface area contributed by atoms with Crippen molar-refractivity contribution in [2.75, 3.05) is 13.2 Å². The average molecular weight is 667 g/mol. The summed E-state index contributed by atoms with van der Waals surface area (Å²) in [5, 5.41) is 11.7. The fraction of sp³-hybridized carbons (Fsp3) is 0.514. The van der Waals surface area contributed by atoms with Crippen LogP contribution in [-0.4, -0.2) is 69.1 Å². The monoisotopic (exact) mass is 666 g/mol. The first-order valence-electron chi connectivity index (χ1n) is 16.5. The molecule has 10 atom stereocenters. The Morgan fingerprint density at radius 1 is 0.830 bits per heavy atom. The Bertz CT molecular complexity index is 1550. The SMILES string of the molecule is Cc1ccc(S(=O)(=O)OC[C@@H]2O[C@@H]3[C@@H](C)[C@H](C)[C@@]4(C[C@H](OCc5ccccc5)CO4)O[C@H]3[C@@H](OCc3ccccc3)[C@H](C)[C@H]2O)cc1. The number of hydrogen-bond acceptors (Lipinski definition) is 9. The predicted octanol–water partition coefficient (Wildman–Crippen LogP) is 5.42. The lowest BCUT2D eigenvalue weighted by atomic mass is 9.76. The van der Waals surface area contributed by atoms with Crippen LogP contribution in [0.1, 0.15) is 43.9 Å². The minimum Gasteiger partial charge on any atom is -0.390 e. The van der Waals surface area contributed by atoms with Crippen LogP contribution in [0, 0.1) is 24.7 Å². The lowest BCUT2D eigenvalue weighted by molar-refractivity contribution is -0.341. The van der Waals surface area contributed by atoms with E-state index in [2.05, 4.69) is 13.8 Å². The van der Waals surface area contributed by atoms with Crippen LogP contribution >= 0.6 is 0 Å². The molecule has 3 aromatic carbocycles. The van der Waals surface area contributed by atoms with Crippen LogP contribution in [0.2, 0.25) is 0 Å². The largest absolute Gasteiger partial charge is 0.390 e. The van der Waals surface area contributed by atoms with E-state index in [1.165, 1.54) is 12.1 Å². The van der Waals surface area contributed by atoms with Crippen LogP contribution in [0.15, 0.2) is 89.8 Å². The third-order valence-electron chi connectivity index (χ3n) is 10.1. The maximum absolute atomic E-state index is 13.1. The Labute approximate surface area is 278 Å². The maximum atomic E-state index is 13.1. The molecule has 3 aliphatic rings. The molecule has 0 saturated carbocycles. The average Bonchev–Trinajstić information content (AvgIpc) is 3.46. The fourth-order valence-electron chi connectivity index (χ4n) is 7.00. The lowest BCUT2D eigenvalue weighted by Crippen LogP contribution is -2.61. The summed E-state index contributed by atoms with van der Waals surface area (Å²) in [6, 6.07) is 26.3. The van der Waals surface area contributed by atoms with E-state index in [1.807, 2.05) is 74.5 Å². The van der Waals surface area contributed by atoms with Crippen LogP contribution in [0.25, 0.3) is 0 Å². The molecule has 3 aromatic rings. The maximum Gasteiger partial charge on any atom is 0.297 e. The molecule has 254 valence electrons. The quantitative estimate of drug-likeness (QED) is 0.284. The van der Waals surface area contributed by atoms with Gasteiger partial charge in [0.25, 0.3) is 10.1 Å². The first-order valence-corrected chi connectivity index (χ1v) is 17.9. The number of ether oxygens (including phenoxy) is 5. The zero-order chi connectivity index (χ0) is 33.2. The molecule has 47 heavy (non-hydrogen) atoms. The Kier molecular flexibility index (Phi) is 10.5. The molecule has 0 unspecified atom stereocenters. The fourth-order valence-corrected chi connectivity index (χ4v) is 7.92. The van der Waals surface area contributed by atoms with Crippen LogP contribution in [0.3, 0.4) is 0 Å². The van der Waals surface area contributed by atoms with Crippen molar-refractivity contribution < 1.29 is 41.4 Å². The van der Waals surface area contributed by atoms with Gasteiger partial charge >= 0.3 is 0 Å². The smallest absolute Gasteiger partial charge is 0.297 e. The minimum absolute atomic E-state index is 0.0496. The number of rotatable bonds is 10. The van der Waals surface area contributed by atoms with Gasteiger partial charge in [0.1, 0.15) is 12.2 Å². The second-order valence-corrected chi connectivity index (χ2v) is 14.9. The molecule has 1 N–H and O–H groups in total. The van der Waals surface area contributed by atoms with Crippen molar-refractivity contribution >= 4 is 10.1 Å². The van der Waals surface area contributed by atoms with E-state index in [9.17, 15) is 13.5 Å². The van der Waals surface area contributed by atoms with Crippen molar-refractivity contribution in [2.24, 2.45) is 17.8 Å². The number of hydrogen-bond donors (Lipinski definition) is 1. The summed E-state index contributed by atoms with van der Waals surface area (Å²) >= 11 is 0. The summed E-state index contributed by atoms with van der Waals surface area (Å²) in [6.07, 6.45) is -3.38. The molecular formula is C37H46O9S. The Morgan fingerprint density at radius 3 is 2.09 bits per heavy atom. The normalized spacial score (nSPS) is 34.2. The van der Waals surface area contributed by atoms with Crippen molar-refractivity contribution in [3.63, 3.8) is 0 Å². The third kappa shape index (κ3) is 7.50. The van der Waals surface area contributed by atoms with Gasteiger partial charge < -0.3 is 28.8 Å². The summed E-state index contributed by atoms with van der Waals surface area (Å²) < 4.78 is 64.6. The predicted molar refractivity (Wildman–Crippen MR) is 175 cm³/mol. The van der Waals surface area contributed by atoms with Gasteiger partial charge in [-0.1, -0.05) is 99.1 Å². The van der Waals surface area contributed by atoms with Gasteiger partial charge in [-0.05, 0) is 36.1 Å². The topological polar surface area (TPSA) is 110 Å². The van der Waals surface area contributed by atoms with Crippen molar-refractivity contribution in [2.45, 2.75) is 94.6 Å². The van der Waals surface area contributed by atoms with E-state index in [-0.39, 0.29) is 29.4 Å². The summed E-state index contributed by atoms with van der Waals surface area (Å²) in [7, 11) is -4.08. The molecule has 0 bridgehead atoms. The highest BCUT2D eigenvalue weighted by Crippen LogP contribution is 2.49. The Morgan fingerprint density at radius 2 is 1.45 bits per heavy atom. The summed E-state index contributed by atoms with van der Waals surface area (Å²) in [4.78, 5) is 0.0496. The zero-order valence-electron chi connectivity index (χ0n) is 27.4. The van der Waals surface area contributed by atoms with Gasteiger partial charge in [-0.15, -0.1) is 0 Å². The molecular weight excluding hydrogens is 620 g/mol. The second kappa shape index (κ2) is 14.4. The van der Waals surface area contributed by atoms with E-state index in [4.69, 9.17) is 27.9 Å². The van der Waals surface area contributed by atoms with Gasteiger partial charge in [0.05, 0.1) is 55.7 Å². The molecule has 6 rings (SSSR count). The first kappa shape index (κ1) is 34.2. The van der Waals surface area contributed by atoms with Gasteiger partial charge in [-0.2, -0.15) is 8.42 Å². The lowest BCUT2D eigenvalue weighted by Gasteiger charge is -2.51.